The summed E-state index contributed by atoms with van der Waals surface area (Å²) in [5, 5.41) is 5.83. The lowest BCUT2D eigenvalue weighted by Gasteiger charge is -1.82. The van der Waals surface area contributed by atoms with Gasteiger partial charge in [0.05, 0.1) is 0 Å². The molecule has 0 saturated heterocycles. The average molecular weight is 140 g/mol. The Morgan fingerprint density at radius 1 is 1.40 bits per heavy atom. The van der Waals surface area contributed by atoms with Crippen LogP contribution in [0.1, 0.15) is 6.42 Å². The van der Waals surface area contributed by atoms with Crippen molar-refractivity contribution < 1.29 is 4.79 Å². The zero-order chi connectivity index (χ0) is 7.82. The van der Waals surface area contributed by atoms with Gasteiger partial charge in [-0.1, -0.05) is 5.11 Å². The second-order valence-corrected chi connectivity index (χ2v) is 1.29. The molecule has 0 fully saturated rings. The van der Waals surface area contributed by atoms with Crippen molar-refractivity contribution in [3.63, 3.8) is 0 Å². The zero-order valence-corrected chi connectivity index (χ0v) is 5.01. The predicted molar refractivity (Wildman–Crippen MR) is 32.8 cm³/mol. The first kappa shape index (κ1) is 8.29. The molecule has 0 heterocycles. The van der Waals surface area contributed by atoms with E-state index >= 15 is 0 Å². The summed E-state index contributed by atoms with van der Waals surface area (Å²) in [6, 6.07) is 0. The Morgan fingerprint density at radius 2 is 2.10 bits per heavy atom. The van der Waals surface area contributed by atoms with E-state index in [0.29, 0.717) is 0 Å². The van der Waals surface area contributed by atoms with Crippen molar-refractivity contribution in [3.8, 4) is 0 Å². The summed E-state index contributed by atoms with van der Waals surface area (Å²) < 4.78 is 0. The van der Waals surface area contributed by atoms with Crippen molar-refractivity contribution in [2.45, 2.75) is 6.42 Å². The van der Waals surface area contributed by atoms with E-state index in [0.717, 1.165) is 0 Å². The summed E-state index contributed by atoms with van der Waals surface area (Å²) in [5.41, 5.74) is 15.5. The van der Waals surface area contributed by atoms with Gasteiger partial charge in [-0.05, 0) is 16.2 Å². The summed E-state index contributed by atoms with van der Waals surface area (Å²) in [5.74, 6) is -0.616. The monoisotopic (exact) mass is 140 g/mol. The van der Waals surface area contributed by atoms with Crippen molar-refractivity contribution in [2.24, 2.45) is 10.2 Å². The first-order valence-electron chi connectivity index (χ1n) is 2.40. The molecule has 10 heavy (non-hydrogen) atoms. The quantitative estimate of drug-likeness (QED) is 0.330. The van der Waals surface area contributed by atoms with Gasteiger partial charge >= 0.3 is 0 Å². The molecule has 0 unspecified atom stereocenters. The minimum absolute atomic E-state index is 0.0336. The Balaban J connectivity index is 3.59. The minimum atomic E-state index is -0.616. The molecule has 0 aliphatic rings. The van der Waals surface area contributed by atoms with Crippen LogP contribution < -0.4 is 0 Å². The molecule has 7 heteroatoms. The van der Waals surface area contributed by atoms with Gasteiger partial charge in [-0.3, -0.25) is 4.79 Å². The van der Waals surface area contributed by atoms with Gasteiger partial charge in [-0.25, -0.2) is 0 Å². The van der Waals surface area contributed by atoms with Crippen molar-refractivity contribution in [3.05, 3.63) is 20.9 Å². The Kier molecular flexibility index (Phi) is 4.50. The van der Waals surface area contributed by atoms with E-state index in [1.54, 1.807) is 0 Å². The van der Waals surface area contributed by atoms with Crippen molar-refractivity contribution in [2.75, 3.05) is 6.54 Å². The first-order chi connectivity index (χ1) is 4.81. The van der Waals surface area contributed by atoms with Crippen LogP contribution in [0.15, 0.2) is 10.2 Å². The van der Waals surface area contributed by atoms with Crippen LogP contribution in [0, 0.1) is 0 Å². The molecule has 0 bridgehead atoms. The molecule has 0 aliphatic heterocycles. The maximum Gasteiger partial charge on any atom is 0.219 e. The van der Waals surface area contributed by atoms with Gasteiger partial charge in [0.1, 0.15) is 0 Å². The van der Waals surface area contributed by atoms with E-state index in [2.05, 4.69) is 20.1 Å². The van der Waals surface area contributed by atoms with E-state index in [1.165, 1.54) is 0 Å². The molecule has 0 N–H and O–H groups in total. The van der Waals surface area contributed by atoms with Crippen LogP contribution in [0.4, 0.5) is 0 Å². The molecule has 0 atom stereocenters. The number of hydrogen-bond donors (Lipinski definition) is 0. The molecule has 0 rings (SSSR count). The molecule has 0 radical (unpaired) electrons. The molecule has 1 amide bonds. The van der Waals surface area contributed by atoms with Crippen LogP contribution >= 0.6 is 0 Å². The van der Waals surface area contributed by atoms with E-state index in [1.807, 2.05) is 0 Å². The highest BCUT2D eigenvalue weighted by Crippen LogP contribution is 1.86. The highest BCUT2D eigenvalue weighted by Gasteiger charge is 1.93. The summed E-state index contributed by atoms with van der Waals surface area (Å²) >= 11 is 0. The maximum atomic E-state index is 10.3. The standard InChI is InChI=1S/C3H4N6O/c4-8-6-2-1-3(10)7-9-5/h1-2H2. The number of carbonyl (C=O) groups excluding carboxylic acids is 1. The fraction of sp³-hybridized carbons (Fsp3) is 0.667. The average Bonchev–Trinajstić information content (AvgIpc) is 1.89. The topological polar surface area (TPSA) is 115 Å². The molecule has 0 aliphatic carbocycles. The lowest BCUT2D eigenvalue weighted by atomic mass is 10.4. The van der Waals surface area contributed by atoms with Gasteiger partial charge in [0, 0.05) is 22.8 Å². The number of nitrogens with zero attached hydrogens (tertiary/aromatic N) is 6. The summed E-state index contributed by atoms with van der Waals surface area (Å²) in [4.78, 5) is 15.0. The minimum Gasteiger partial charge on any atom is -0.293 e. The third-order valence-corrected chi connectivity index (χ3v) is 0.645. The van der Waals surface area contributed by atoms with Crippen LogP contribution in [-0.2, 0) is 4.79 Å². The summed E-state index contributed by atoms with van der Waals surface area (Å²) in [6.07, 6.45) is -0.0336. The Labute approximate surface area is 55.9 Å². The number of rotatable bonds is 3. The molecular formula is C3H4N6O. The van der Waals surface area contributed by atoms with Crippen LogP contribution in [0.2, 0.25) is 0 Å². The molecular weight excluding hydrogens is 136 g/mol. The fourth-order valence-electron chi connectivity index (χ4n) is 0.290. The van der Waals surface area contributed by atoms with E-state index < -0.39 is 5.91 Å². The SMILES string of the molecule is [N-]=[N+]=NCCC(=O)N=[N+]=[N-]. The predicted octanol–water partition coefficient (Wildman–Crippen LogP) is 1.52. The fourth-order valence-corrected chi connectivity index (χ4v) is 0.290. The number of carbonyl (C=O) groups is 1. The van der Waals surface area contributed by atoms with Crippen molar-refractivity contribution >= 4 is 5.91 Å². The number of azide groups is 2. The number of hydrogen-bond acceptors (Lipinski definition) is 2. The van der Waals surface area contributed by atoms with Crippen LogP contribution in [0.5, 0.6) is 0 Å². The molecule has 0 spiro atoms. The lowest BCUT2D eigenvalue weighted by molar-refractivity contribution is -0.117. The maximum absolute atomic E-state index is 10.3. The van der Waals surface area contributed by atoms with Gasteiger partial charge in [0.2, 0.25) is 5.91 Å². The molecule has 0 aromatic rings. The Morgan fingerprint density at radius 3 is 2.60 bits per heavy atom. The third-order valence-electron chi connectivity index (χ3n) is 0.645. The van der Waals surface area contributed by atoms with Gasteiger partial charge < -0.3 is 0 Å². The largest absolute Gasteiger partial charge is 0.293 e. The lowest BCUT2D eigenvalue weighted by Crippen LogP contribution is -1.92. The van der Waals surface area contributed by atoms with Gasteiger partial charge in [0.15, 0.2) is 0 Å². The van der Waals surface area contributed by atoms with Crippen molar-refractivity contribution in [1.29, 1.82) is 0 Å². The van der Waals surface area contributed by atoms with Gasteiger partial charge in [-0.15, -0.1) is 0 Å². The van der Waals surface area contributed by atoms with Crippen LogP contribution in [-0.4, -0.2) is 12.5 Å². The normalized spacial score (nSPS) is 7.20. The van der Waals surface area contributed by atoms with Gasteiger partial charge in [0.25, 0.3) is 0 Å². The third kappa shape index (κ3) is 4.45. The van der Waals surface area contributed by atoms with Crippen molar-refractivity contribution in [1.82, 2.24) is 0 Å². The van der Waals surface area contributed by atoms with E-state index in [-0.39, 0.29) is 13.0 Å². The van der Waals surface area contributed by atoms with Gasteiger partial charge in [-0.2, -0.15) is 0 Å². The first-order valence-corrected chi connectivity index (χ1v) is 2.40. The Hall–Kier alpha value is -1.71. The highest BCUT2D eigenvalue weighted by atomic mass is 16.1. The molecule has 0 aromatic carbocycles. The second-order valence-electron chi connectivity index (χ2n) is 1.29. The smallest absolute Gasteiger partial charge is 0.219 e. The summed E-state index contributed by atoms with van der Waals surface area (Å²) in [7, 11) is 0. The molecule has 52 valence electrons. The highest BCUT2D eigenvalue weighted by molar-refractivity contribution is 5.76. The Bertz CT molecular complexity index is 209. The zero-order valence-electron chi connectivity index (χ0n) is 5.01. The van der Waals surface area contributed by atoms with Crippen LogP contribution in [0.3, 0.4) is 0 Å². The molecule has 0 saturated carbocycles. The van der Waals surface area contributed by atoms with E-state index in [9.17, 15) is 4.79 Å². The van der Waals surface area contributed by atoms with E-state index in [4.69, 9.17) is 11.1 Å². The number of amides is 1. The van der Waals surface area contributed by atoms with Crippen LogP contribution in [0.25, 0.3) is 20.9 Å². The molecule has 0 aromatic heterocycles. The molecule has 7 nitrogen and oxygen atoms in total. The second kappa shape index (κ2) is 5.43. The summed E-state index contributed by atoms with van der Waals surface area (Å²) in [6.45, 7) is 0.0361.